The van der Waals surface area contributed by atoms with Gasteiger partial charge in [-0.2, -0.15) is 0 Å². The zero-order valence-electron chi connectivity index (χ0n) is 11.3. The molecule has 0 radical (unpaired) electrons. The van der Waals surface area contributed by atoms with Crippen molar-refractivity contribution in [1.29, 1.82) is 0 Å². The van der Waals surface area contributed by atoms with Crippen LogP contribution < -0.4 is 5.32 Å². The van der Waals surface area contributed by atoms with Gasteiger partial charge >= 0.3 is 5.97 Å². The van der Waals surface area contributed by atoms with Crippen molar-refractivity contribution in [3.8, 4) is 0 Å². The smallest absolute Gasteiger partial charge is 0.326 e. The first kappa shape index (κ1) is 16.2. The maximum absolute atomic E-state index is 11.8. The maximum atomic E-state index is 11.8. The molecular weight excluding hydrogens is 288 g/mol. The first-order valence-electron chi connectivity index (χ1n) is 5.76. The number of carboxylic acids is 1. The highest BCUT2D eigenvalue weighted by Crippen LogP contribution is 2.16. The average molecular weight is 304 g/mol. The number of carbonyl (C=O) groups is 2. The van der Waals surface area contributed by atoms with Gasteiger partial charge < -0.3 is 14.8 Å². The number of carboxylic acid groups (broad SMARTS) is 1. The molecule has 0 aliphatic carbocycles. The molecule has 20 heavy (non-hydrogen) atoms. The van der Waals surface area contributed by atoms with Crippen LogP contribution in [0.2, 0.25) is 0 Å². The zero-order valence-corrected chi connectivity index (χ0v) is 12.1. The van der Waals surface area contributed by atoms with E-state index in [0.29, 0.717) is 0 Å². The summed E-state index contributed by atoms with van der Waals surface area (Å²) >= 11 is 0. The van der Waals surface area contributed by atoms with Gasteiger partial charge in [0.15, 0.2) is 5.76 Å². The molecule has 0 fully saturated rings. The Morgan fingerprint density at radius 2 is 2.00 bits per heavy atom. The third kappa shape index (κ3) is 3.36. The van der Waals surface area contributed by atoms with E-state index in [4.69, 9.17) is 9.52 Å². The monoisotopic (exact) mass is 304 g/mol. The molecule has 0 bridgehead atoms. The first-order chi connectivity index (χ1) is 9.20. The fourth-order valence-electron chi connectivity index (χ4n) is 1.33. The van der Waals surface area contributed by atoms with Crippen LogP contribution in [0.3, 0.4) is 0 Å². The Balaban J connectivity index is 2.93. The SMILES string of the molecule is CC[C@H](NC(=O)c1ccc(S(=O)(=O)N(C)C)o1)C(=O)O. The van der Waals surface area contributed by atoms with Crippen LogP contribution in [0.1, 0.15) is 23.9 Å². The quantitative estimate of drug-likeness (QED) is 0.771. The Hall–Kier alpha value is -1.87. The molecule has 2 N–H and O–H groups in total. The number of hydrogen-bond acceptors (Lipinski definition) is 5. The predicted molar refractivity (Wildman–Crippen MR) is 68.8 cm³/mol. The van der Waals surface area contributed by atoms with Crippen molar-refractivity contribution in [3.63, 3.8) is 0 Å². The number of hydrogen-bond donors (Lipinski definition) is 2. The highest BCUT2D eigenvalue weighted by atomic mass is 32.2. The Kier molecular flexibility index (Phi) is 4.90. The van der Waals surface area contributed by atoms with E-state index in [1.165, 1.54) is 20.2 Å². The lowest BCUT2D eigenvalue weighted by Crippen LogP contribution is -2.40. The molecule has 0 aliphatic heterocycles. The average Bonchev–Trinajstić information content (AvgIpc) is 2.85. The van der Waals surface area contributed by atoms with Crippen molar-refractivity contribution in [2.45, 2.75) is 24.5 Å². The van der Waals surface area contributed by atoms with Gasteiger partial charge in [-0.25, -0.2) is 17.5 Å². The standard InChI is InChI=1S/C11H16N2O6S/c1-4-7(11(15)16)12-10(14)8-5-6-9(19-8)20(17,18)13(2)3/h5-7H,4H2,1-3H3,(H,12,14)(H,15,16)/t7-/m0/s1. The fraction of sp³-hybridized carbons (Fsp3) is 0.455. The summed E-state index contributed by atoms with van der Waals surface area (Å²) in [5.74, 6) is -2.21. The van der Waals surface area contributed by atoms with Gasteiger partial charge in [0.25, 0.3) is 15.9 Å². The molecule has 1 aromatic rings. The molecule has 0 saturated carbocycles. The van der Waals surface area contributed by atoms with Gasteiger partial charge in [0.05, 0.1) is 0 Å². The van der Waals surface area contributed by atoms with Gasteiger partial charge in [-0.05, 0) is 18.6 Å². The summed E-state index contributed by atoms with van der Waals surface area (Å²) in [6.45, 7) is 1.60. The lowest BCUT2D eigenvalue weighted by atomic mass is 10.2. The number of rotatable bonds is 6. The minimum absolute atomic E-state index is 0.199. The lowest BCUT2D eigenvalue weighted by molar-refractivity contribution is -0.139. The van der Waals surface area contributed by atoms with Crippen LogP contribution in [0.25, 0.3) is 0 Å². The number of sulfonamides is 1. The number of amides is 1. The summed E-state index contributed by atoms with van der Waals surface area (Å²) in [7, 11) is -1.11. The Labute approximate surface area is 116 Å². The van der Waals surface area contributed by atoms with E-state index in [9.17, 15) is 18.0 Å². The van der Waals surface area contributed by atoms with Crippen LogP contribution in [-0.4, -0.2) is 49.8 Å². The predicted octanol–water partition coefficient (Wildman–Crippen LogP) is 0.123. The third-order valence-corrected chi connectivity index (χ3v) is 4.24. The molecule has 112 valence electrons. The number of nitrogens with one attached hydrogen (secondary N) is 1. The van der Waals surface area contributed by atoms with E-state index >= 15 is 0 Å². The molecule has 9 heteroatoms. The van der Waals surface area contributed by atoms with Gasteiger partial charge in [-0.15, -0.1) is 0 Å². The molecule has 1 heterocycles. The summed E-state index contributed by atoms with van der Waals surface area (Å²) in [5.41, 5.74) is 0. The summed E-state index contributed by atoms with van der Waals surface area (Å²) in [4.78, 5) is 22.6. The normalized spacial score (nSPS) is 13.2. The second-order valence-electron chi connectivity index (χ2n) is 4.18. The number of nitrogens with zero attached hydrogens (tertiary/aromatic N) is 1. The molecule has 0 spiro atoms. The van der Waals surface area contributed by atoms with Gasteiger partial charge in [0.2, 0.25) is 5.09 Å². The van der Waals surface area contributed by atoms with Gasteiger partial charge in [0, 0.05) is 14.1 Å². The number of aliphatic carboxylic acids is 1. The summed E-state index contributed by atoms with van der Waals surface area (Å²) in [5, 5.41) is 10.7. The molecular formula is C11H16N2O6S. The van der Waals surface area contributed by atoms with Crippen LogP contribution in [0.5, 0.6) is 0 Å². The van der Waals surface area contributed by atoms with Crippen LogP contribution in [0.15, 0.2) is 21.6 Å². The van der Waals surface area contributed by atoms with Crippen LogP contribution in [0, 0.1) is 0 Å². The van der Waals surface area contributed by atoms with Crippen molar-refractivity contribution in [1.82, 2.24) is 9.62 Å². The van der Waals surface area contributed by atoms with E-state index in [-0.39, 0.29) is 17.3 Å². The van der Waals surface area contributed by atoms with Crippen molar-refractivity contribution in [3.05, 3.63) is 17.9 Å². The second kappa shape index (κ2) is 6.06. The van der Waals surface area contributed by atoms with E-state index in [0.717, 1.165) is 10.4 Å². The molecule has 0 aliphatic rings. The molecule has 8 nitrogen and oxygen atoms in total. The van der Waals surface area contributed by atoms with Crippen molar-refractivity contribution < 1.29 is 27.5 Å². The van der Waals surface area contributed by atoms with E-state index in [1.54, 1.807) is 6.92 Å². The molecule has 1 amide bonds. The maximum Gasteiger partial charge on any atom is 0.326 e. The van der Waals surface area contributed by atoms with Gasteiger partial charge in [-0.3, -0.25) is 4.79 Å². The van der Waals surface area contributed by atoms with Crippen LogP contribution in [0.4, 0.5) is 0 Å². The number of carbonyl (C=O) groups excluding carboxylic acids is 1. The molecule has 0 unspecified atom stereocenters. The molecule has 1 rings (SSSR count). The van der Waals surface area contributed by atoms with Gasteiger partial charge in [0.1, 0.15) is 6.04 Å². The molecule has 1 atom stereocenters. The third-order valence-electron chi connectivity index (χ3n) is 2.55. The molecule has 1 aromatic heterocycles. The van der Waals surface area contributed by atoms with E-state index in [2.05, 4.69) is 5.32 Å². The number of furan rings is 1. The second-order valence-corrected chi connectivity index (χ2v) is 6.26. The summed E-state index contributed by atoms with van der Waals surface area (Å²) < 4.78 is 29.4. The van der Waals surface area contributed by atoms with Gasteiger partial charge in [-0.1, -0.05) is 6.92 Å². The Bertz CT molecular complexity index is 604. The topological polar surface area (TPSA) is 117 Å². The van der Waals surface area contributed by atoms with Crippen molar-refractivity contribution >= 4 is 21.9 Å². The highest BCUT2D eigenvalue weighted by Gasteiger charge is 2.25. The van der Waals surface area contributed by atoms with Crippen molar-refractivity contribution in [2.24, 2.45) is 0 Å². The highest BCUT2D eigenvalue weighted by molar-refractivity contribution is 7.88. The van der Waals surface area contributed by atoms with Crippen LogP contribution >= 0.6 is 0 Å². The summed E-state index contributed by atoms with van der Waals surface area (Å²) in [6.07, 6.45) is 0.199. The minimum atomic E-state index is -3.77. The Morgan fingerprint density at radius 1 is 1.40 bits per heavy atom. The minimum Gasteiger partial charge on any atom is -0.480 e. The summed E-state index contributed by atoms with van der Waals surface area (Å²) in [6, 6.07) is 1.27. The lowest BCUT2D eigenvalue weighted by Gasteiger charge is -2.11. The van der Waals surface area contributed by atoms with Crippen LogP contribution in [-0.2, 0) is 14.8 Å². The van der Waals surface area contributed by atoms with Crippen molar-refractivity contribution in [2.75, 3.05) is 14.1 Å². The van der Waals surface area contributed by atoms with E-state index in [1.807, 2.05) is 0 Å². The Morgan fingerprint density at radius 3 is 2.45 bits per heavy atom. The largest absolute Gasteiger partial charge is 0.480 e. The van der Waals surface area contributed by atoms with E-state index < -0.39 is 27.9 Å². The zero-order chi connectivity index (χ0) is 15.5. The molecule has 0 aromatic carbocycles. The first-order valence-corrected chi connectivity index (χ1v) is 7.20. The fourth-order valence-corrected chi connectivity index (χ4v) is 2.12. The molecule has 0 saturated heterocycles.